The zero-order chi connectivity index (χ0) is 4.28. The largest absolute Gasteiger partial charge is 0.618 e. The van der Waals surface area contributed by atoms with Crippen LogP contribution in [0.25, 0.3) is 0 Å². The minimum Gasteiger partial charge on any atom is -0.517 e. The second-order valence-electron chi connectivity index (χ2n) is 0.442. The van der Waals surface area contributed by atoms with E-state index < -0.39 is 8.24 Å². The van der Waals surface area contributed by atoms with E-state index >= 15 is 0 Å². The van der Waals surface area contributed by atoms with E-state index in [0.29, 0.717) is 0 Å². The van der Waals surface area contributed by atoms with Crippen molar-refractivity contribution in [3.8, 4) is 0 Å². The van der Waals surface area contributed by atoms with Crippen molar-refractivity contribution in [2.45, 2.75) is 0 Å². The standard InChI is InChI=1S/CH3ClO2Si/c1-4-5(2)3/h1H3. The average molecular weight is 111 g/mol. The molecule has 0 amide bonds. The first kappa shape index (κ1) is 5.11. The van der Waals surface area contributed by atoms with Crippen LogP contribution in [-0.4, -0.2) is 15.3 Å². The molecule has 0 saturated carbocycles. The van der Waals surface area contributed by atoms with Crippen molar-refractivity contribution in [2.24, 2.45) is 0 Å². The maximum Gasteiger partial charge on any atom is 0.618 e. The van der Waals surface area contributed by atoms with E-state index in [9.17, 15) is 4.46 Å². The Bertz CT molecular complexity index is 44.9. The molecule has 2 nitrogen and oxygen atoms in total. The molecule has 0 unspecified atom stereocenters. The van der Waals surface area contributed by atoms with Crippen molar-refractivity contribution >= 4 is 19.3 Å². The van der Waals surface area contributed by atoms with Crippen LogP contribution in [0.3, 0.4) is 0 Å². The minimum atomic E-state index is -2.15. The van der Waals surface area contributed by atoms with Crippen LogP contribution >= 0.6 is 11.1 Å². The molecule has 0 spiro atoms. The Morgan fingerprint density at radius 1 is 2.00 bits per heavy atom. The second-order valence-corrected chi connectivity index (χ2v) is 2.25. The van der Waals surface area contributed by atoms with Crippen LogP contribution in [0.2, 0.25) is 0 Å². The monoisotopic (exact) mass is 110 g/mol. The van der Waals surface area contributed by atoms with Gasteiger partial charge in [-0.2, -0.15) is 0 Å². The first-order chi connectivity index (χ1) is 2.27. The summed E-state index contributed by atoms with van der Waals surface area (Å²) in [6.07, 6.45) is 0. The van der Waals surface area contributed by atoms with E-state index in [2.05, 4.69) is 4.43 Å². The van der Waals surface area contributed by atoms with Gasteiger partial charge in [0.25, 0.3) is 0 Å². The van der Waals surface area contributed by atoms with Gasteiger partial charge in [0.15, 0.2) is 0 Å². The third-order valence-electron chi connectivity index (χ3n) is 0.160. The molecule has 5 heavy (non-hydrogen) atoms. The number of halogens is 1. The molecular formula is CH3ClO2Si. The van der Waals surface area contributed by atoms with Gasteiger partial charge in [-0.25, -0.2) is 0 Å². The summed E-state index contributed by atoms with van der Waals surface area (Å²) in [7, 11) is -0.852. The summed E-state index contributed by atoms with van der Waals surface area (Å²) in [6.45, 7) is 0. The summed E-state index contributed by atoms with van der Waals surface area (Å²) < 4.78 is 13.6. The van der Waals surface area contributed by atoms with Crippen LogP contribution in [0.5, 0.6) is 0 Å². The van der Waals surface area contributed by atoms with Crippen LogP contribution in [-0.2, 0) is 8.89 Å². The van der Waals surface area contributed by atoms with Crippen molar-refractivity contribution in [1.29, 1.82) is 0 Å². The lowest BCUT2D eigenvalue weighted by Gasteiger charge is -1.76. The van der Waals surface area contributed by atoms with Crippen molar-refractivity contribution < 1.29 is 8.89 Å². The second kappa shape index (κ2) is 2.35. The fourth-order valence-corrected chi connectivity index (χ4v) is 0. The Morgan fingerprint density at radius 2 is 2.20 bits per heavy atom. The van der Waals surface area contributed by atoms with Gasteiger partial charge >= 0.3 is 8.24 Å². The molecule has 30 valence electrons. The molecule has 0 radical (unpaired) electrons. The maximum absolute atomic E-state index is 9.54. The molecule has 0 saturated heterocycles. The summed E-state index contributed by atoms with van der Waals surface area (Å²) in [5.74, 6) is 0. The van der Waals surface area contributed by atoms with Crippen LogP contribution < -0.4 is 0 Å². The zero-order valence-electron chi connectivity index (χ0n) is 2.69. The Kier molecular flexibility index (Phi) is 2.40. The van der Waals surface area contributed by atoms with Crippen LogP contribution in [0.15, 0.2) is 0 Å². The third kappa shape index (κ3) is 4.11. The summed E-state index contributed by atoms with van der Waals surface area (Å²) in [6, 6.07) is 0. The van der Waals surface area contributed by atoms with Gasteiger partial charge in [0, 0.05) is 0 Å². The lowest BCUT2D eigenvalue weighted by Crippen LogP contribution is -1.88. The van der Waals surface area contributed by atoms with E-state index in [1.165, 1.54) is 7.11 Å². The van der Waals surface area contributed by atoms with Gasteiger partial charge in [0.2, 0.25) is 0 Å². The summed E-state index contributed by atoms with van der Waals surface area (Å²) in [5, 5.41) is 0. The topological polar surface area (TPSA) is 26.3 Å². The van der Waals surface area contributed by atoms with E-state index in [1.54, 1.807) is 0 Å². The molecule has 0 aromatic rings. The first-order valence-electron chi connectivity index (χ1n) is 1.01. The highest BCUT2D eigenvalue weighted by Crippen LogP contribution is 1.70. The molecule has 0 fully saturated rings. The molecule has 0 bridgehead atoms. The number of hydrogen-bond acceptors (Lipinski definition) is 2. The quantitative estimate of drug-likeness (QED) is 0.358. The van der Waals surface area contributed by atoms with Crippen LogP contribution in [0, 0.1) is 0 Å². The molecule has 0 heterocycles. The van der Waals surface area contributed by atoms with Gasteiger partial charge < -0.3 is 8.89 Å². The summed E-state index contributed by atoms with van der Waals surface area (Å²) in [5.41, 5.74) is 0. The van der Waals surface area contributed by atoms with Crippen LogP contribution in [0.4, 0.5) is 0 Å². The smallest absolute Gasteiger partial charge is 0.517 e. The minimum absolute atomic E-state index is 1.30. The van der Waals surface area contributed by atoms with E-state index in [-0.39, 0.29) is 0 Å². The zero-order valence-corrected chi connectivity index (χ0v) is 4.45. The van der Waals surface area contributed by atoms with Crippen molar-refractivity contribution in [3.05, 3.63) is 0 Å². The van der Waals surface area contributed by atoms with Gasteiger partial charge in [-0.3, -0.25) is 0 Å². The first-order valence-corrected chi connectivity index (χ1v) is 3.33. The lowest BCUT2D eigenvalue weighted by atomic mass is 11.8. The molecule has 0 aromatic heterocycles. The van der Waals surface area contributed by atoms with Gasteiger partial charge in [0.05, 0.1) is 7.11 Å². The third-order valence-corrected chi connectivity index (χ3v) is 0.944. The van der Waals surface area contributed by atoms with Crippen molar-refractivity contribution in [1.82, 2.24) is 0 Å². The maximum atomic E-state index is 9.54. The summed E-state index contributed by atoms with van der Waals surface area (Å²) >= 11 is 4.79. The Balaban J connectivity index is 2.85. The summed E-state index contributed by atoms with van der Waals surface area (Å²) in [4.78, 5) is 0. The highest BCUT2D eigenvalue weighted by molar-refractivity contribution is 6.94. The lowest BCUT2D eigenvalue weighted by molar-refractivity contribution is 0.382. The Hall–Kier alpha value is 0.107. The molecule has 0 rings (SSSR count). The molecule has 0 aliphatic heterocycles. The van der Waals surface area contributed by atoms with Crippen LogP contribution in [0.1, 0.15) is 0 Å². The molecule has 0 N–H and O–H groups in total. The van der Waals surface area contributed by atoms with Gasteiger partial charge in [-0.1, -0.05) is 0 Å². The highest BCUT2D eigenvalue weighted by Gasteiger charge is 1.90. The predicted molar refractivity (Wildman–Crippen MR) is 19.3 cm³/mol. The molecule has 0 aliphatic rings. The van der Waals surface area contributed by atoms with Gasteiger partial charge in [-0.15, -0.1) is 0 Å². The Labute approximate surface area is 36.2 Å². The molecular weight excluding hydrogens is 108 g/mol. The average Bonchev–Trinajstić information content (AvgIpc) is 1.38. The van der Waals surface area contributed by atoms with E-state index in [0.717, 1.165) is 0 Å². The Morgan fingerprint density at radius 3 is 2.20 bits per heavy atom. The van der Waals surface area contributed by atoms with E-state index in [1.807, 2.05) is 0 Å². The fourth-order valence-electron chi connectivity index (χ4n) is 0. The van der Waals surface area contributed by atoms with Crippen molar-refractivity contribution in [2.75, 3.05) is 7.11 Å². The molecule has 0 atom stereocenters. The molecule has 0 aliphatic carbocycles. The van der Waals surface area contributed by atoms with E-state index in [4.69, 9.17) is 11.1 Å². The number of hydrogen-bond donors (Lipinski definition) is 0. The number of rotatable bonds is 1. The molecule has 0 aromatic carbocycles. The molecule has 4 heteroatoms. The SMILES string of the molecule is CO[Si](=O)Cl. The van der Waals surface area contributed by atoms with Crippen molar-refractivity contribution in [3.63, 3.8) is 0 Å². The van der Waals surface area contributed by atoms with Gasteiger partial charge in [-0.05, 0) is 11.1 Å². The van der Waals surface area contributed by atoms with Gasteiger partial charge in [0.1, 0.15) is 0 Å². The highest BCUT2D eigenvalue weighted by atomic mass is 35.6. The fraction of sp³-hybridized carbons (Fsp3) is 1.00. The predicted octanol–water partition coefficient (Wildman–Crippen LogP) is 0.287. The normalized spacial score (nSPS) is 6.80.